The Kier molecular flexibility index (Phi) is 4.71. The van der Waals surface area contributed by atoms with Crippen LogP contribution in [0.5, 0.6) is 0 Å². The number of aromatic nitrogens is 1. The SMILES string of the molecule is Cc1ccoc1C(=O)NCC1CCN(Cc2ccc3ccccc3n2)C1. The third-order valence-corrected chi connectivity index (χ3v) is 5.03. The maximum absolute atomic E-state index is 12.2. The molecule has 3 heterocycles. The number of fused-ring (bicyclic) bond motifs is 1. The molecule has 1 N–H and O–H groups in total. The Labute approximate surface area is 153 Å². The number of hydrogen-bond acceptors (Lipinski definition) is 4. The van der Waals surface area contributed by atoms with Crippen molar-refractivity contribution in [2.24, 2.45) is 5.92 Å². The molecule has 0 radical (unpaired) electrons. The first-order chi connectivity index (χ1) is 12.7. The van der Waals surface area contributed by atoms with Gasteiger partial charge in [-0.3, -0.25) is 14.7 Å². The van der Waals surface area contributed by atoms with Crippen molar-refractivity contribution in [3.8, 4) is 0 Å². The lowest BCUT2D eigenvalue weighted by molar-refractivity contribution is 0.0918. The molecule has 26 heavy (non-hydrogen) atoms. The molecular weight excluding hydrogens is 326 g/mol. The van der Waals surface area contributed by atoms with Crippen LogP contribution in [0.4, 0.5) is 0 Å². The van der Waals surface area contributed by atoms with Crippen molar-refractivity contribution in [3.63, 3.8) is 0 Å². The lowest BCUT2D eigenvalue weighted by atomic mass is 10.1. The molecule has 5 nitrogen and oxygen atoms in total. The van der Waals surface area contributed by atoms with Crippen LogP contribution in [0, 0.1) is 12.8 Å². The standard InChI is InChI=1S/C21H23N3O2/c1-15-9-11-26-20(15)21(25)22-12-16-8-10-24(13-16)14-18-7-6-17-4-2-3-5-19(17)23-18/h2-7,9,11,16H,8,10,12-14H2,1H3,(H,22,25). The molecular formula is C21H23N3O2. The van der Waals surface area contributed by atoms with Crippen LogP contribution in [-0.2, 0) is 6.54 Å². The van der Waals surface area contributed by atoms with Crippen molar-refractivity contribution >= 4 is 16.8 Å². The molecule has 2 aromatic heterocycles. The Balaban J connectivity index is 1.30. The van der Waals surface area contributed by atoms with Gasteiger partial charge in [-0.05, 0) is 44.0 Å². The van der Waals surface area contributed by atoms with E-state index in [1.807, 2.05) is 25.1 Å². The average Bonchev–Trinajstić information content (AvgIpc) is 3.28. The minimum absolute atomic E-state index is 0.123. The molecule has 1 amide bonds. The molecule has 1 saturated heterocycles. The molecule has 1 atom stereocenters. The summed E-state index contributed by atoms with van der Waals surface area (Å²) in [5.41, 5.74) is 3.01. The number of rotatable bonds is 5. The van der Waals surface area contributed by atoms with E-state index in [1.165, 1.54) is 5.39 Å². The summed E-state index contributed by atoms with van der Waals surface area (Å²) in [6, 6.07) is 14.2. The van der Waals surface area contributed by atoms with Crippen LogP contribution in [-0.4, -0.2) is 35.4 Å². The van der Waals surface area contributed by atoms with Crippen molar-refractivity contribution in [1.29, 1.82) is 0 Å². The normalized spacial score (nSPS) is 17.7. The van der Waals surface area contributed by atoms with E-state index >= 15 is 0 Å². The van der Waals surface area contributed by atoms with Crippen molar-refractivity contribution in [2.75, 3.05) is 19.6 Å². The molecule has 0 bridgehead atoms. The van der Waals surface area contributed by atoms with Crippen molar-refractivity contribution in [1.82, 2.24) is 15.2 Å². The van der Waals surface area contributed by atoms with Crippen LogP contribution in [0.2, 0.25) is 0 Å². The number of nitrogens with one attached hydrogen (secondary N) is 1. The number of para-hydroxylation sites is 1. The van der Waals surface area contributed by atoms with E-state index in [9.17, 15) is 4.79 Å². The molecule has 1 fully saturated rings. The summed E-state index contributed by atoms with van der Waals surface area (Å²) in [6.45, 7) is 5.43. The molecule has 0 spiro atoms. The first-order valence-corrected chi connectivity index (χ1v) is 9.08. The molecule has 134 valence electrons. The van der Waals surface area contributed by atoms with Gasteiger partial charge in [0, 0.05) is 30.6 Å². The van der Waals surface area contributed by atoms with Crippen LogP contribution in [0.15, 0.2) is 53.1 Å². The first-order valence-electron chi connectivity index (χ1n) is 9.08. The van der Waals surface area contributed by atoms with Crippen LogP contribution in [0.3, 0.4) is 0 Å². The fourth-order valence-electron chi connectivity index (χ4n) is 3.57. The Morgan fingerprint density at radius 2 is 2.15 bits per heavy atom. The first kappa shape index (κ1) is 16.8. The highest BCUT2D eigenvalue weighted by Gasteiger charge is 2.24. The van der Waals surface area contributed by atoms with E-state index in [-0.39, 0.29) is 5.91 Å². The van der Waals surface area contributed by atoms with Crippen LogP contribution in [0.25, 0.3) is 10.9 Å². The second kappa shape index (κ2) is 7.30. The molecule has 5 heteroatoms. The van der Waals surface area contributed by atoms with Gasteiger partial charge in [-0.1, -0.05) is 24.3 Å². The van der Waals surface area contributed by atoms with Gasteiger partial charge in [-0.15, -0.1) is 0 Å². The summed E-state index contributed by atoms with van der Waals surface area (Å²) in [5, 5.41) is 4.17. The van der Waals surface area contributed by atoms with Gasteiger partial charge in [-0.2, -0.15) is 0 Å². The number of carbonyl (C=O) groups is 1. The van der Waals surface area contributed by atoms with E-state index in [2.05, 4.69) is 34.5 Å². The molecule has 0 saturated carbocycles. The maximum Gasteiger partial charge on any atom is 0.287 e. The third-order valence-electron chi connectivity index (χ3n) is 5.03. The van der Waals surface area contributed by atoms with Gasteiger partial charge in [0.05, 0.1) is 17.5 Å². The van der Waals surface area contributed by atoms with Crippen molar-refractivity contribution in [2.45, 2.75) is 19.9 Å². The smallest absolute Gasteiger partial charge is 0.287 e. The lowest BCUT2D eigenvalue weighted by Crippen LogP contribution is -2.31. The largest absolute Gasteiger partial charge is 0.459 e. The highest BCUT2D eigenvalue weighted by Crippen LogP contribution is 2.19. The maximum atomic E-state index is 12.2. The van der Waals surface area contributed by atoms with E-state index in [4.69, 9.17) is 9.40 Å². The molecule has 1 unspecified atom stereocenters. The highest BCUT2D eigenvalue weighted by atomic mass is 16.3. The number of benzene rings is 1. The minimum atomic E-state index is -0.123. The summed E-state index contributed by atoms with van der Waals surface area (Å²) < 4.78 is 5.25. The lowest BCUT2D eigenvalue weighted by Gasteiger charge is -2.16. The van der Waals surface area contributed by atoms with E-state index in [1.54, 1.807) is 6.26 Å². The van der Waals surface area contributed by atoms with Gasteiger partial charge < -0.3 is 9.73 Å². The quantitative estimate of drug-likeness (QED) is 0.767. The fourth-order valence-corrected chi connectivity index (χ4v) is 3.57. The minimum Gasteiger partial charge on any atom is -0.459 e. The van der Waals surface area contributed by atoms with Gasteiger partial charge in [0.25, 0.3) is 5.91 Å². The number of likely N-dealkylation sites (tertiary alicyclic amines) is 1. The number of carbonyl (C=O) groups excluding carboxylic acids is 1. The zero-order valence-electron chi connectivity index (χ0n) is 14.9. The third kappa shape index (κ3) is 3.63. The van der Waals surface area contributed by atoms with Gasteiger partial charge in [-0.25, -0.2) is 0 Å². The Bertz CT molecular complexity index is 918. The second-order valence-electron chi connectivity index (χ2n) is 7.03. The summed E-state index contributed by atoms with van der Waals surface area (Å²) >= 11 is 0. The predicted molar refractivity (Wildman–Crippen MR) is 101 cm³/mol. The van der Waals surface area contributed by atoms with Gasteiger partial charge in [0.2, 0.25) is 0 Å². The zero-order chi connectivity index (χ0) is 17.9. The molecule has 1 aliphatic heterocycles. The Morgan fingerprint density at radius 3 is 3.00 bits per heavy atom. The Morgan fingerprint density at radius 1 is 1.27 bits per heavy atom. The number of amides is 1. The number of furan rings is 1. The van der Waals surface area contributed by atoms with Gasteiger partial charge in [0.15, 0.2) is 5.76 Å². The number of pyridine rings is 1. The number of hydrogen-bond donors (Lipinski definition) is 1. The molecule has 4 rings (SSSR count). The van der Waals surface area contributed by atoms with E-state index < -0.39 is 0 Å². The van der Waals surface area contributed by atoms with E-state index in [0.29, 0.717) is 18.2 Å². The number of aryl methyl sites for hydroxylation is 1. The molecule has 1 aromatic carbocycles. The monoisotopic (exact) mass is 349 g/mol. The van der Waals surface area contributed by atoms with E-state index in [0.717, 1.165) is 42.8 Å². The second-order valence-corrected chi connectivity index (χ2v) is 7.03. The van der Waals surface area contributed by atoms with Crippen molar-refractivity contribution in [3.05, 3.63) is 65.7 Å². The Hall–Kier alpha value is -2.66. The van der Waals surface area contributed by atoms with Crippen LogP contribution >= 0.6 is 0 Å². The average molecular weight is 349 g/mol. The predicted octanol–water partition coefficient (Wildman–Crippen LogP) is 3.39. The summed E-state index contributed by atoms with van der Waals surface area (Å²) in [7, 11) is 0. The number of nitrogens with zero attached hydrogens (tertiary/aromatic N) is 2. The molecule has 1 aliphatic rings. The summed E-state index contributed by atoms with van der Waals surface area (Å²) in [4.78, 5) is 19.3. The van der Waals surface area contributed by atoms with Gasteiger partial charge >= 0.3 is 0 Å². The highest BCUT2D eigenvalue weighted by molar-refractivity contribution is 5.92. The topological polar surface area (TPSA) is 58.4 Å². The summed E-state index contributed by atoms with van der Waals surface area (Å²) in [5.74, 6) is 0.761. The molecule has 3 aromatic rings. The zero-order valence-corrected chi connectivity index (χ0v) is 14.9. The van der Waals surface area contributed by atoms with Crippen LogP contribution in [0.1, 0.15) is 28.2 Å². The van der Waals surface area contributed by atoms with Crippen LogP contribution < -0.4 is 5.32 Å². The van der Waals surface area contributed by atoms with Crippen molar-refractivity contribution < 1.29 is 9.21 Å². The molecule has 0 aliphatic carbocycles. The summed E-state index contributed by atoms with van der Waals surface area (Å²) in [6.07, 6.45) is 2.64. The van der Waals surface area contributed by atoms with Gasteiger partial charge in [0.1, 0.15) is 0 Å². The fraction of sp³-hybridized carbons (Fsp3) is 0.333.